The molecule has 0 amide bonds. The molecule has 0 aliphatic heterocycles. The number of hydrogen-bond donors (Lipinski definition) is 1. The first kappa shape index (κ1) is 21.0. The number of carbonyl (C=O) groups is 1. The van der Waals surface area contributed by atoms with Crippen molar-refractivity contribution in [1.29, 1.82) is 0 Å². The molecule has 2 aromatic rings. The maximum atomic E-state index is 12.7. The lowest BCUT2D eigenvalue weighted by molar-refractivity contribution is -0.0850. The summed E-state index contributed by atoms with van der Waals surface area (Å²) in [4.78, 5) is 12.7. The number of aromatic hydroxyl groups is 1. The molecule has 1 N–H and O–H groups in total. The van der Waals surface area contributed by atoms with Gasteiger partial charge in [0.25, 0.3) is 0 Å². The van der Waals surface area contributed by atoms with Gasteiger partial charge in [-0.3, -0.25) is 0 Å². The molecule has 0 spiro atoms. The van der Waals surface area contributed by atoms with Crippen LogP contribution >= 0.6 is 0 Å². The molecule has 30 heavy (non-hydrogen) atoms. The van der Waals surface area contributed by atoms with Gasteiger partial charge in [-0.1, -0.05) is 58.9 Å². The Labute approximate surface area is 180 Å². The minimum absolute atomic E-state index is 0.0142. The highest BCUT2D eigenvalue weighted by Gasteiger charge is 2.55. The molecule has 2 aromatic carbocycles. The van der Waals surface area contributed by atoms with Crippen LogP contribution in [0.1, 0.15) is 86.8 Å². The van der Waals surface area contributed by atoms with E-state index in [1.807, 2.05) is 36.4 Å². The fourth-order valence-corrected chi connectivity index (χ4v) is 6.17. The second-order valence-corrected chi connectivity index (χ2v) is 10.4. The monoisotopic (exact) mass is 406 g/mol. The number of benzene rings is 2. The number of rotatable bonds is 3. The number of ether oxygens (including phenoxy) is 1. The Balaban J connectivity index is 1.63. The van der Waals surface area contributed by atoms with E-state index in [0.29, 0.717) is 23.1 Å². The van der Waals surface area contributed by atoms with E-state index in [-0.39, 0.29) is 22.9 Å². The van der Waals surface area contributed by atoms with E-state index >= 15 is 0 Å². The smallest absolute Gasteiger partial charge is 0.338 e. The van der Waals surface area contributed by atoms with Gasteiger partial charge < -0.3 is 9.84 Å². The third kappa shape index (κ3) is 3.33. The molecule has 0 radical (unpaired) electrons. The summed E-state index contributed by atoms with van der Waals surface area (Å²) in [6.45, 7) is 11.1. The van der Waals surface area contributed by atoms with Crippen LogP contribution < -0.4 is 0 Å². The van der Waals surface area contributed by atoms with E-state index in [0.717, 1.165) is 31.2 Å². The highest BCUT2D eigenvalue weighted by Crippen LogP contribution is 2.58. The van der Waals surface area contributed by atoms with Gasteiger partial charge >= 0.3 is 5.97 Å². The minimum Gasteiger partial charge on any atom is -0.508 e. The van der Waals surface area contributed by atoms with Crippen LogP contribution in [0.25, 0.3) is 0 Å². The molecule has 2 aliphatic carbocycles. The van der Waals surface area contributed by atoms with Crippen molar-refractivity contribution in [2.45, 2.75) is 77.7 Å². The zero-order valence-corrected chi connectivity index (χ0v) is 18.9. The first-order valence-electron chi connectivity index (χ1n) is 11.3. The lowest BCUT2D eigenvalue weighted by Crippen LogP contribution is -2.55. The van der Waals surface area contributed by atoms with Gasteiger partial charge in [-0.25, -0.2) is 4.79 Å². The summed E-state index contributed by atoms with van der Waals surface area (Å²) in [5, 5.41) is 10.7. The molecule has 160 valence electrons. The molecule has 0 saturated heterocycles. The maximum absolute atomic E-state index is 12.7. The molecule has 2 aliphatic rings. The highest BCUT2D eigenvalue weighted by molar-refractivity contribution is 5.89. The van der Waals surface area contributed by atoms with Crippen LogP contribution in [0.15, 0.2) is 42.5 Å². The fourth-order valence-electron chi connectivity index (χ4n) is 6.17. The van der Waals surface area contributed by atoms with Gasteiger partial charge in [0.15, 0.2) is 0 Å². The Hall–Kier alpha value is -2.29. The molecule has 0 bridgehead atoms. The molecule has 0 unspecified atom stereocenters. The lowest BCUT2D eigenvalue weighted by Gasteiger charge is -2.56. The van der Waals surface area contributed by atoms with Crippen molar-refractivity contribution in [2.75, 3.05) is 0 Å². The van der Waals surface area contributed by atoms with Crippen molar-refractivity contribution in [2.24, 2.45) is 11.3 Å². The molecular formula is C27H34O3. The summed E-state index contributed by atoms with van der Waals surface area (Å²) in [5.74, 6) is 0.892. The highest BCUT2D eigenvalue weighted by atomic mass is 16.5. The van der Waals surface area contributed by atoms with Crippen molar-refractivity contribution in [1.82, 2.24) is 0 Å². The van der Waals surface area contributed by atoms with E-state index in [1.165, 1.54) is 11.1 Å². The zero-order valence-electron chi connectivity index (χ0n) is 18.9. The Morgan fingerprint density at radius 2 is 1.80 bits per heavy atom. The van der Waals surface area contributed by atoms with Gasteiger partial charge in [0.05, 0.1) is 5.56 Å². The van der Waals surface area contributed by atoms with Crippen LogP contribution in [0.3, 0.4) is 0 Å². The summed E-state index contributed by atoms with van der Waals surface area (Å²) >= 11 is 0. The van der Waals surface area contributed by atoms with Crippen LogP contribution in [0, 0.1) is 11.3 Å². The number of phenols is 1. The van der Waals surface area contributed by atoms with Crippen molar-refractivity contribution >= 4 is 5.97 Å². The zero-order chi connectivity index (χ0) is 21.7. The summed E-state index contributed by atoms with van der Waals surface area (Å²) in [7, 11) is 0. The largest absolute Gasteiger partial charge is 0.508 e. The molecule has 0 aromatic heterocycles. The van der Waals surface area contributed by atoms with Gasteiger partial charge in [-0.05, 0) is 77.8 Å². The Kier molecular flexibility index (Phi) is 5.20. The average Bonchev–Trinajstić information content (AvgIpc) is 2.70. The van der Waals surface area contributed by atoms with Gasteiger partial charge in [0.1, 0.15) is 11.9 Å². The quantitative estimate of drug-likeness (QED) is 0.602. The van der Waals surface area contributed by atoms with Crippen LogP contribution in [0.5, 0.6) is 5.75 Å². The number of aryl methyl sites for hydroxylation is 1. The van der Waals surface area contributed by atoms with Gasteiger partial charge in [-0.2, -0.15) is 0 Å². The normalized spacial score (nSPS) is 27.3. The van der Waals surface area contributed by atoms with E-state index < -0.39 is 0 Å². The predicted octanol–water partition coefficient (Wildman–Crippen LogP) is 6.38. The van der Waals surface area contributed by atoms with Crippen molar-refractivity contribution in [3.8, 4) is 5.75 Å². The Morgan fingerprint density at radius 3 is 2.47 bits per heavy atom. The minimum atomic E-state index is -0.229. The Morgan fingerprint density at radius 1 is 1.10 bits per heavy atom. The summed E-state index contributed by atoms with van der Waals surface area (Å²) < 4.78 is 6.06. The van der Waals surface area contributed by atoms with E-state index in [1.54, 1.807) is 0 Å². The second-order valence-electron chi connectivity index (χ2n) is 10.4. The molecular weight excluding hydrogens is 372 g/mol. The van der Waals surface area contributed by atoms with Crippen LogP contribution in [0.2, 0.25) is 0 Å². The predicted molar refractivity (Wildman–Crippen MR) is 120 cm³/mol. The molecule has 1 fully saturated rings. The van der Waals surface area contributed by atoms with Crippen LogP contribution in [0.4, 0.5) is 0 Å². The van der Waals surface area contributed by atoms with Gasteiger partial charge in [0.2, 0.25) is 0 Å². The SMILES string of the molecule is CC(C)c1cc2c(cc1O)[C@@]1(C)CC[C@H](OC(=O)c3ccccc3)C(C)(C)[C@@H]1CC2. The number of hydrogen-bond acceptors (Lipinski definition) is 3. The molecule has 0 heterocycles. The van der Waals surface area contributed by atoms with Crippen LogP contribution in [-0.4, -0.2) is 17.2 Å². The van der Waals surface area contributed by atoms with Gasteiger partial charge in [0, 0.05) is 5.41 Å². The van der Waals surface area contributed by atoms with Gasteiger partial charge in [-0.15, -0.1) is 0 Å². The second kappa shape index (κ2) is 7.44. The third-order valence-electron chi connectivity index (χ3n) is 7.87. The maximum Gasteiger partial charge on any atom is 0.338 e. The summed E-state index contributed by atoms with van der Waals surface area (Å²) in [6.07, 6.45) is 3.79. The molecule has 1 saturated carbocycles. The molecule has 3 heteroatoms. The number of phenolic OH excluding ortho intramolecular Hbond substituents is 1. The standard InChI is InChI=1S/C27H34O3/c1-17(2)20-15-19-11-12-23-26(3,4)24(30-25(29)18-9-7-6-8-10-18)13-14-27(23,5)21(19)16-22(20)28/h6-10,15-17,23-24,28H,11-14H2,1-5H3/t23-,24-,27+/m0/s1. The van der Waals surface area contributed by atoms with E-state index in [9.17, 15) is 9.90 Å². The molecule has 4 rings (SSSR count). The lowest BCUT2D eigenvalue weighted by atomic mass is 9.49. The number of carbonyl (C=O) groups excluding carboxylic acids is 1. The topological polar surface area (TPSA) is 46.5 Å². The molecule has 3 atom stereocenters. The van der Waals surface area contributed by atoms with Crippen LogP contribution in [-0.2, 0) is 16.6 Å². The average molecular weight is 407 g/mol. The first-order valence-corrected chi connectivity index (χ1v) is 11.3. The first-order chi connectivity index (χ1) is 14.1. The Bertz CT molecular complexity index is 944. The number of esters is 1. The number of fused-ring (bicyclic) bond motifs is 3. The van der Waals surface area contributed by atoms with Crippen molar-refractivity contribution < 1.29 is 14.6 Å². The van der Waals surface area contributed by atoms with Crippen molar-refractivity contribution in [3.63, 3.8) is 0 Å². The third-order valence-corrected chi connectivity index (χ3v) is 7.87. The summed E-state index contributed by atoms with van der Waals surface area (Å²) in [6, 6.07) is 13.5. The van der Waals surface area contributed by atoms with E-state index in [4.69, 9.17) is 4.74 Å². The summed E-state index contributed by atoms with van der Waals surface area (Å²) in [5.41, 5.74) is 4.18. The fraction of sp³-hybridized carbons (Fsp3) is 0.519. The van der Waals surface area contributed by atoms with Crippen molar-refractivity contribution in [3.05, 3.63) is 64.7 Å². The molecule has 3 nitrogen and oxygen atoms in total. The van der Waals surface area contributed by atoms with E-state index in [2.05, 4.69) is 40.7 Å².